The second kappa shape index (κ2) is 6.21. The fourth-order valence-corrected chi connectivity index (χ4v) is 3.10. The van der Waals surface area contributed by atoms with Crippen LogP contribution in [0, 0.1) is 11.6 Å². The lowest BCUT2D eigenvalue weighted by Crippen LogP contribution is -1.99. The molecule has 2 aromatic carbocycles. The van der Waals surface area contributed by atoms with Gasteiger partial charge in [0.25, 0.3) is 0 Å². The lowest BCUT2D eigenvalue weighted by molar-refractivity contribution is 0.507. The van der Waals surface area contributed by atoms with Crippen molar-refractivity contribution in [3.63, 3.8) is 0 Å². The summed E-state index contributed by atoms with van der Waals surface area (Å²) in [5.74, 6) is -1.87. The van der Waals surface area contributed by atoms with E-state index in [0.717, 1.165) is 17.7 Å². The topological polar surface area (TPSA) is 0 Å². The van der Waals surface area contributed by atoms with Gasteiger partial charge in [0.15, 0.2) is 11.6 Å². The molecule has 0 heterocycles. The molecule has 0 bridgehead atoms. The average Bonchev–Trinajstić information content (AvgIpc) is 2.36. The normalized spacial score (nSPS) is 12.5. The smallest absolute Gasteiger partial charge is 0.160 e. The van der Waals surface area contributed by atoms with Crippen LogP contribution in [-0.4, -0.2) is 0 Å². The Kier molecular flexibility index (Phi) is 4.82. The van der Waals surface area contributed by atoms with Crippen molar-refractivity contribution < 1.29 is 8.78 Å². The summed E-state index contributed by atoms with van der Waals surface area (Å²) in [5, 5.41) is 0.818. The third-order valence-electron chi connectivity index (χ3n) is 2.73. The van der Waals surface area contributed by atoms with E-state index in [1.165, 1.54) is 0 Å². The lowest BCUT2D eigenvalue weighted by Gasteiger charge is -2.13. The van der Waals surface area contributed by atoms with E-state index in [-0.39, 0.29) is 9.85 Å². The molecule has 0 aliphatic carbocycles. The summed E-state index contributed by atoms with van der Waals surface area (Å²) in [7, 11) is 0. The standard InChI is InChI=1S/C14H9BrCl2F2/c15-10(5-8-3-1-2-4-11(8)16)9-6-13(18)14(19)7-12(9)17/h1-4,6-7,10H,5H2. The molecule has 0 nitrogen and oxygen atoms in total. The van der Waals surface area contributed by atoms with Gasteiger partial charge in [-0.25, -0.2) is 8.78 Å². The molecule has 0 radical (unpaired) electrons. The van der Waals surface area contributed by atoms with Crippen molar-refractivity contribution in [2.45, 2.75) is 11.2 Å². The maximum absolute atomic E-state index is 13.3. The summed E-state index contributed by atoms with van der Waals surface area (Å²) >= 11 is 15.4. The molecule has 1 unspecified atom stereocenters. The summed E-state index contributed by atoms with van der Waals surface area (Å²) in [6, 6.07) is 9.45. The van der Waals surface area contributed by atoms with Gasteiger partial charge < -0.3 is 0 Å². The molecule has 0 aliphatic rings. The van der Waals surface area contributed by atoms with Gasteiger partial charge in [0.2, 0.25) is 0 Å². The van der Waals surface area contributed by atoms with E-state index in [4.69, 9.17) is 23.2 Å². The summed E-state index contributed by atoms with van der Waals surface area (Å²) in [5.41, 5.74) is 1.41. The Bertz CT molecular complexity index is 602. The molecule has 100 valence electrons. The first-order chi connectivity index (χ1) is 8.99. The molecule has 0 saturated heterocycles. The largest absolute Gasteiger partial charge is 0.204 e. The van der Waals surface area contributed by atoms with Crippen LogP contribution in [0.25, 0.3) is 0 Å². The Morgan fingerprint density at radius 2 is 1.63 bits per heavy atom. The van der Waals surface area contributed by atoms with E-state index >= 15 is 0 Å². The van der Waals surface area contributed by atoms with E-state index in [1.54, 1.807) is 6.07 Å². The Hall–Kier alpha value is -0.640. The second-order valence-electron chi connectivity index (χ2n) is 4.05. The van der Waals surface area contributed by atoms with E-state index in [0.29, 0.717) is 17.0 Å². The van der Waals surface area contributed by atoms with E-state index in [2.05, 4.69) is 15.9 Å². The number of hydrogen-bond donors (Lipinski definition) is 0. The monoisotopic (exact) mass is 364 g/mol. The van der Waals surface area contributed by atoms with Crippen LogP contribution in [0.5, 0.6) is 0 Å². The summed E-state index contributed by atoms with van der Waals surface area (Å²) in [4.78, 5) is -0.241. The van der Waals surface area contributed by atoms with Crippen molar-refractivity contribution in [2.24, 2.45) is 0 Å². The molecule has 0 fully saturated rings. The summed E-state index contributed by atoms with van der Waals surface area (Å²) < 4.78 is 26.3. The molecule has 0 aliphatic heterocycles. The van der Waals surface area contributed by atoms with Gasteiger partial charge in [0.05, 0.1) is 0 Å². The predicted molar refractivity (Wildman–Crippen MR) is 78.2 cm³/mol. The predicted octanol–water partition coefficient (Wildman–Crippen LogP) is 5.95. The summed E-state index contributed by atoms with van der Waals surface area (Å²) in [6.45, 7) is 0. The fourth-order valence-electron chi connectivity index (χ4n) is 1.74. The number of halogens is 5. The highest BCUT2D eigenvalue weighted by Gasteiger charge is 2.16. The Morgan fingerprint density at radius 1 is 1.00 bits per heavy atom. The Morgan fingerprint density at radius 3 is 2.32 bits per heavy atom. The zero-order chi connectivity index (χ0) is 14.0. The third kappa shape index (κ3) is 3.47. The van der Waals surface area contributed by atoms with Gasteiger partial charge in [-0.1, -0.05) is 57.3 Å². The molecule has 19 heavy (non-hydrogen) atoms. The highest BCUT2D eigenvalue weighted by molar-refractivity contribution is 9.09. The number of rotatable bonds is 3. The first-order valence-corrected chi connectivity index (χ1v) is 7.18. The number of benzene rings is 2. The van der Waals surface area contributed by atoms with Crippen LogP contribution in [0.1, 0.15) is 16.0 Å². The zero-order valence-corrected chi connectivity index (χ0v) is 12.7. The maximum atomic E-state index is 13.3. The van der Waals surface area contributed by atoms with Crippen molar-refractivity contribution >= 4 is 39.1 Å². The minimum Gasteiger partial charge on any atom is -0.204 e. The van der Waals surface area contributed by atoms with Gasteiger partial charge in [0, 0.05) is 14.9 Å². The maximum Gasteiger partial charge on any atom is 0.160 e. The van der Waals surface area contributed by atoms with Crippen molar-refractivity contribution in [1.29, 1.82) is 0 Å². The van der Waals surface area contributed by atoms with Crippen LogP contribution in [-0.2, 0) is 6.42 Å². The van der Waals surface area contributed by atoms with Gasteiger partial charge in [-0.15, -0.1) is 0 Å². The third-order valence-corrected chi connectivity index (χ3v) is 4.25. The van der Waals surface area contributed by atoms with E-state index in [1.807, 2.05) is 18.2 Å². The molecular formula is C14H9BrCl2F2. The Labute approximate surface area is 128 Å². The second-order valence-corrected chi connectivity index (χ2v) is 5.97. The van der Waals surface area contributed by atoms with Crippen LogP contribution < -0.4 is 0 Å². The Balaban J connectivity index is 2.28. The van der Waals surface area contributed by atoms with Gasteiger partial charge in [0.1, 0.15) is 0 Å². The SMILES string of the molecule is Fc1cc(Cl)c(C(Br)Cc2ccccc2Cl)cc1F. The first kappa shape index (κ1) is 14.8. The number of hydrogen-bond acceptors (Lipinski definition) is 0. The van der Waals surface area contributed by atoms with Crippen molar-refractivity contribution in [3.8, 4) is 0 Å². The molecule has 1 atom stereocenters. The first-order valence-electron chi connectivity index (χ1n) is 5.51. The van der Waals surface area contributed by atoms with E-state index in [9.17, 15) is 8.78 Å². The minimum absolute atomic E-state index is 0.188. The van der Waals surface area contributed by atoms with Crippen molar-refractivity contribution in [3.05, 3.63) is 69.2 Å². The van der Waals surface area contributed by atoms with Gasteiger partial charge >= 0.3 is 0 Å². The number of alkyl halides is 1. The van der Waals surface area contributed by atoms with Crippen molar-refractivity contribution in [2.75, 3.05) is 0 Å². The molecule has 0 amide bonds. The van der Waals surface area contributed by atoms with Crippen LogP contribution in [0.4, 0.5) is 8.78 Å². The zero-order valence-electron chi connectivity index (χ0n) is 9.64. The highest BCUT2D eigenvalue weighted by Crippen LogP contribution is 2.35. The molecule has 2 aromatic rings. The molecule has 0 saturated carbocycles. The van der Waals surface area contributed by atoms with Gasteiger partial charge in [-0.3, -0.25) is 0 Å². The summed E-state index contributed by atoms with van der Waals surface area (Å²) in [6.07, 6.45) is 0.532. The molecule has 0 aromatic heterocycles. The van der Waals surface area contributed by atoms with Crippen LogP contribution in [0.15, 0.2) is 36.4 Å². The molecular weight excluding hydrogens is 357 g/mol. The van der Waals surface area contributed by atoms with Gasteiger partial charge in [-0.05, 0) is 35.7 Å². The minimum atomic E-state index is -0.953. The van der Waals surface area contributed by atoms with Crippen LogP contribution >= 0.6 is 39.1 Å². The quantitative estimate of drug-likeness (QED) is 0.465. The highest BCUT2D eigenvalue weighted by atomic mass is 79.9. The average molecular weight is 366 g/mol. The van der Waals surface area contributed by atoms with Crippen LogP contribution in [0.3, 0.4) is 0 Å². The van der Waals surface area contributed by atoms with E-state index < -0.39 is 11.6 Å². The van der Waals surface area contributed by atoms with Gasteiger partial charge in [-0.2, -0.15) is 0 Å². The molecule has 0 N–H and O–H groups in total. The van der Waals surface area contributed by atoms with Crippen molar-refractivity contribution in [1.82, 2.24) is 0 Å². The fraction of sp³-hybridized carbons (Fsp3) is 0.143. The molecule has 0 spiro atoms. The lowest BCUT2D eigenvalue weighted by atomic mass is 10.0. The molecule has 5 heteroatoms. The molecule has 2 rings (SSSR count). The van der Waals surface area contributed by atoms with Crippen LogP contribution in [0.2, 0.25) is 10.0 Å².